The van der Waals surface area contributed by atoms with Gasteiger partial charge in [0.15, 0.2) is 11.3 Å². The molecule has 0 saturated heterocycles. The van der Waals surface area contributed by atoms with Gasteiger partial charge in [-0.1, -0.05) is 5.21 Å². The lowest BCUT2D eigenvalue weighted by Crippen LogP contribution is -2.27. The number of aromatic nitrogens is 5. The molecule has 2 heterocycles. The second kappa shape index (κ2) is 5.32. The van der Waals surface area contributed by atoms with Crippen LogP contribution in [0.5, 0.6) is 0 Å². The molecule has 0 N–H and O–H groups in total. The standard InChI is InChI=1S/C12H12F3N5O3/c1-19-11(22)20-5-16-8(9(20)17-18-19)10(21)23-7-3-2-6(4-7)12(13,14)15/h5-7H,2-4H2,1H3. The van der Waals surface area contributed by atoms with Crippen molar-refractivity contribution in [2.75, 3.05) is 0 Å². The molecule has 2 unspecified atom stereocenters. The summed E-state index contributed by atoms with van der Waals surface area (Å²) in [5, 5.41) is 7.22. The molecular weight excluding hydrogens is 319 g/mol. The predicted molar refractivity (Wildman–Crippen MR) is 68.6 cm³/mol. The molecule has 8 nitrogen and oxygen atoms in total. The fourth-order valence-electron chi connectivity index (χ4n) is 2.58. The molecule has 3 rings (SSSR count). The summed E-state index contributed by atoms with van der Waals surface area (Å²) in [6.45, 7) is 0. The van der Waals surface area contributed by atoms with Crippen LogP contribution >= 0.6 is 0 Å². The zero-order chi connectivity index (χ0) is 16.8. The number of rotatable bonds is 2. The van der Waals surface area contributed by atoms with Crippen LogP contribution in [0.2, 0.25) is 0 Å². The molecule has 2 aromatic heterocycles. The van der Waals surface area contributed by atoms with Gasteiger partial charge in [-0.15, -0.1) is 5.10 Å². The van der Waals surface area contributed by atoms with Crippen molar-refractivity contribution < 1.29 is 22.7 Å². The molecule has 2 atom stereocenters. The number of hydrogen-bond donors (Lipinski definition) is 0. The summed E-state index contributed by atoms with van der Waals surface area (Å²) in [4.78, 5) is 27.6. The third-order valence-electron chi connectivity index (χ3n) is 3.81. The third kappa shape index (κ3) is 2.78. The van der Waals surface area contributed by atoms with Gasteiger partial charge in [0.05, 0.1) is 5.92 Å². The van der Waals surface area contributed by atoms with Crippen molar-refractivity contribution in [3.63, 3.8) is 0 Å². The summed E-state index contributed by atoms with van der Waals surface area (Å²) in [5.41, 5.74) is -0.895. The van der Waals surface area contributed by atoms with Crippen molar-refractivity contribution in [1.82, 2.24) is 24.4 Å². The van der Waals surface area contributed by atoms with Gasteiger partial charge in [0, 0.05) is 7.05 Å². The average Bonchev–Trinajstić information content (AvgIpc) is 3.09. The highest BCUT2D eigenvalue weighted by atomic mass is 19.4. The van der Waals surface area contributed by atoms with Gasteiger partial charge in [-0.2, -0.15) is 17.9 Å². The van der Waals surface area contributed by atoms with Gasteiger partial charge in [-0.25, -0.2) is 19.0 Å². The number of aryl methyl sites for hydroxylation is 1. The number of carbonyl (C=O) groups is 1. The molecule has 1 aliphatic rings. The third-order valence-corrected chi connectivity index (χ3v) is 3.81. The summed E-state index contributed by atoms with van der Waals surface area (Å²) >= 11 is 0. The molecule has 2 aromatic rings. The van der Waals surface area contributed by atoms with E-state index in [2.05, 4.69) is 15.3 Å². The Hall–Kier alpha value is -2.46. The molecule has 0 amide bonds. The number of ether oxygens (including phenoxy) is 1. The highest BCUT2D eigenvalue weighted by Crippen LogP contribution is 2.40. The molecule has 0 aromatic carbocycles. The fourth-order valence-corrected chi connectivity index (χ4v) is 2.58. The van der Waals surface area contributed by atoms with E-state index in [1.165, 1.54) is 7.05 Å². The molecule has 124 valence electrons. The maximum absolute atomic E-state index is 12.6. The maximum atomic E-state index is 12.6. The van der Waals surface area contributed by atoms with Crippen molar-refractivity contribution in [2.24, 2.45) is 13.0 Å². The Labute approximate surface area is 126 Å². The number of nitrogens with zero attached hydrogens (tertiary/aromatic N) is 5. The summed E-state index contributed by atoms with van der Waals surface area (Å²) in [5.74, 6) is -2.38. The van der Waals surface area contributed by atoms with Gasteiger partial charge in [0.1, 0.15) is 12.4 Å². The van der Waals surface area contributed by atoms with E-state index in [1.807, 2.05) is 0 Å². The molecule has 0 bridgehead atoms. The van der Waals surface area contributed by atoms with Crippen molar-refractivity contribution in [2.45, 2.75) is 31.5 Å². The van der Waals surface area contributed by atoms with Crippen LogP contribution in [0.3, 0.4) is 0 Å². The molecule has 1 saturated carbocycles. The SMILES string of the molecule is Cn1nnc2c(C(=O)OC3CCC(C(F)(F)F)C3)ncn2c1=O. The van der Waals surface area contributed by atoms with Crippen LogP contribution in [-0.2, 0) is 11.8 Å². The molecule has 23 heavy (non-hydrogen) atoms. The highest BCUT2D eigenvalue weighted by molar-refractivity contribution is 5.93. The number of hydrogen-bond acceptors (Lipinski definition) is 6. The minimum Gasteiger partial charge on any atom is -0.458 e. The van der Waals surface area contributed by atoms with E-state index in [4.69, 9.17) is 4.74 Å². The zero-order valence-corrected chi connectivity index (χ0v) is 11.9. The first-order chi connectivity index (χ1) is 10.8. The van der Waals surface area contributed by atoms with Crippen LogP contribution < -0.4 is 5.69 Å². The molecular formula is C12H12F3N5O3. The van der Waals surface area contributed by atoms with E-state index >= 15 is 0 Å². The van der Waals surface area contributed by atoms with E-state index in [0.29, 0.717) is 0 Å². The summed E-state index contributed by atoms with van der Waals surface area (Å²) in [6, 6.07) is 0. The Morgan fingerprint density at radius 2 is 2.13 bits per heavy atom. The van der Waals surface area contributed by atoms with Crippen LogP contribution in [0, 0.1) is 5.92 Å². The van der Waals surface area contributed by atoms with Gasteiger partial charge in [0.25, 0.3) is 0 Å². The lowest BCUT2D eigenvalue weighted by atomic mass is 10.1. The van der Waals surface area contributed by atoms with Crippen LogP contribution in [0.1, 0.15) is 29.8 Å². The van der Waals surface area contributed by atoms with E-state index in [1.54, 1.807) is 0 Å². The Kier molecular flexibility index (Phi) is 3.57. The molecule has 0 spiro atoms. The average molecular weight is 331 g/mol. The number of carbonyl (C=O) groups excluding carboxylic acids is 1. The van der Waals surface area contributed by atoms with E-state index < -0.39 is 29.9 Å². The smallest absolute Gasteiger partial charge is 0.391 e. The minimum atomic E-state index is -4.29. The lowest BCUT2D eigenvalue weighted by Gasteiger charge is -2.14. The normalized spacial score (nSPS) is 21.7. The predicted octanol–water partition coefficient (Wildman–Crippen LogP) is 0.711. The van der Waals surface area contributed by atoms with E-state index in [-0.39, 0.29) is 30.6 Å². The number of alkyl halides is 3. The minimum absolute atomic E-state index is 0.0776. The highest BCUT2D eigenvalue weighted by Gasteiger charge is 2.45. The lowest BCUT2D eigenvalue weighted by molar-refractivity contribution is -0.174. The number of fused-ring (bicyclic) bond motifs is 1. The fraction of sp³-hybridized carbons (Fsp3) is 0.583. The second-order valence-corrected chi connectivity index (χ2v) is 5.36. The Bertz CT molecular complexity index is 812. The topological polar surface area (TPSA) is 91.4 Å². The monoisotopic (exact) mass is 331 g/mol. The second-order valence-electron chi connectivity index (χ2n) is 5.36. The first-order valence-electron chi connectivity index (χ1n) is 6.82. The molecule has 0 aliphatic heterocycles. The molecule has 11 heteroatoms. The quantitative estimate of drug-likeness (QED) is 0.753. The van der Waals surface area contributed by atoms with Gasteiger partial charge in [-0.05, 0) is 19.3 Å². The van der Waals surface area contributed by atoms with Crippen LogP contribution in [0.15, 0.2) is 11.1 Å². The molecule has 1 aliphatic carbocycles. The zero-order valence-electron chi connectivity index (χ0n) is 11.9. The largest absolute Gasteiger partial charge is 0.458 e. The maximum Gasteiger partial charge on any atom is 0.391 e. The number of esters is 1. The van der Waals surface area contributed by atoms with Gasteiger partial charge >= 0.3 is 17.8 Å². The first kappa shape index (κ1) is 15.4. The number of halogens is 3. The Morgan fingerprint density at radius 1 is 1.39 bits per heavy atom. The van der Waals surface area contributed by atoms with Crippen molar-refractivity contribution in [1.29, 1.82) is 0 Å². The summed E-state index contributed by atoms with van der Waals surface area (Å²) < 4.78 is 44.9. The van der Waals surface area contributed by atoms with E-state index in [0.717, 1.165) is 15.4 Å². The molecule has 0 radical (unpaired) electrons. The van der Waals surface area contributed by atoms with Gasteiger partial charge < -0.3 is 4.74 Å². The van der Waals surface area contributed by atoms with Gasteiger partial charge in [-0.3, -0.25) is 0 Å². The van der Waals surface area contributed by atoms with Crippen molar-refractivity contribution in [3.8, 4) is 0 Å². The Balaban J connectivity index is 1.78. The summed E-state index contributed by atoms with van der Waals surface area (Å²) in [7, 11) is 1.38. The van der Waals surface area contributed by atoms with Crippen molar-refractivity contribution in [3.05, 3.63) is 22.5 Å². The van der Waals surface area contributed by atoms with Crippen LogP contribution in [0.25, 0.3) is 5.65 Å². The molecule has 1 fully saturated rings. The Morgan fingerprint density at radius 3 is 2.78 bits per heavy atom. The van der Waals surface area contributed by atoms with Crippen LogP contribution in [-0.4, -0.2) is 42.6 Å². The number of imidazole rings is 1. The van der Waals surface area contributed by atoms with Crippen LogP contribution in [0.4, 0.5) is 13.2 Å². The first-order valence-corrected chi connectivity index (χ1v) is 6.82. The van der Waals surface area contributed by atoms with E-state index in [9.17, 15) is 22.8 Å². The van der Waals surface area contributed by atoms with Gasteiger partial charge in [0.2, 0.25) is 0 Å². The van der Waals surface area contributed by atoms with Crippen molar-refractivity contribution >= 4 is 11.6 Å². The summed E-state index contributed by atoms with van der Waals surface area (Å²) in [6.07, 6.45) is -4.24.